The minimum atomic E-state index is 0.954. The lowest BCUT2D eigenvalue weighted by atomic mass is 10.2. The van der Waals surface area contributed by atoms with E-state index in [4.69, 9.17) is 4.42 Å². The predicted molar refractivity (Wildman–Crippen MR) is 76.1 cm³/mol. The van der Waals surface area contributed by atoms with Gasteiger partial charge in [0, 0.05) is 30.9 Å². The number of rotatable bonds is 7. The van der Waals surface area contributed by atoms with E-state index < -0.39 is 0 Å². The summed E-state index contributed by atoms with van der Waals surface area (Å²) in [5.74, 6) is 1.05. The van der Waals surface area contributed by atoms with Gasteiger partial charge in [0.15, 0.2) is 0 Å². The van der Waals surface area contributed by atoms with Crippen molar-refractivity contribution in [1.82, 2.24) is 0 Å². The van der Waals surface area contributed by atoms with Crippen LogP contribution in [0.15, 0.2) is 47.1 Å². The molecule has 0 atom stereocenters. The molecule has 0 fully saturated rings. The van der Waals surface area contributed by atoms with Gasteiger partial charge >= 0.3 is 0 Å². The molecule has 0 saturated carbocycles. The third-order valence-electron chi connectivity index (χ3n) is 2.77. The number of furan rings is 1. The Morgan fingerprint density at radius 2 is 1.72 bits per heavy atom. The van der Waals surface area contributed by atoms with E-state index in [0.29, 0.717) is 0 Å². The molecule has 96 valence electrons. The summed E-state index contributed by atoms with van der Waals surface area (Å²) in [5, 5.41) is 6.69. The molecule has 2 N–H and O–H groups in total. The molecule has 1 heterocycles. The molecule has 0 unspecified atom stereocenters. The van der Waals surface area contributed by atoms with Crippen LogP contribution in [0.25, 0.3) is 0 Å². The molecule has 1 aromatic carbocycles. The minimum Gasteiger partial charge on any atom is -0.469 e. The molecule has 1 aromatic heterocycles. The third kappa shape index (κ3) is 3.84. The fourth-order valence-electron chi connectivity index (χ4n) is 1.86. The number of aryl methyl sites for hydroxylation is 1. The molecular formula is C15H20N2O. The SMILES string of the molecule is CCNc1ccc(NCCCc2ccco2)cc1. The van der Waals surface area contributed by atoms with E-state index >= 15 is 0 Å². The van der Waals surface area contributed by atoms with E-state index in [-0.39, 0.29) is 0 Å². The van der Waals surface area contributed by atoms with Gasteiger partial charge in [0.2, 0.25) is 0 Å². The zero-order valence-corrected chi connectivity index (χ0v) is 10.8. The van der Waals surface area contributed by atoms with E-state index in [9.17, 15) is 0 Å². The van der Waals surface area contributed by atoms with Crippen LogP contribution in [0.4, 0.5) is 11.4 Å². The van der Waals surface area contributed by atoms with Gasteiger partial charge in [-0.05, 0) is 49.7 Å². The van der Waals surface area contributed by atoms with Gasteiger partial charge in [-0.2, -0.15) is 0 Å². The first-order chi connectivity index (χ1) is 8.88. The van der Waals surface area contributed by atoms with Crippen molar-refractivity contribution in [3.63, 3.8) is 0 Å². The van der Waals surface area contributed by atoms with Crippen LogP contribution in [0.5, 0.6) is 0 Å². The van der Waals surface area contributed by atoms with Crippen LogP contribution >= 0.6 is 0 Å². The average molecular weight is 244 g/mol. The maximum Gasteiger partial charge on any atom is 0.103 e. The zero-order chi connectivity index (χ0) is 12.6. The summed E-state index contributed by atoms with van der Waals surface area (Å²) in [6.07, 6.45) is 3.78. The first-order valence-electron chi connectivity index (χ1n) is 6.48. The molecule has 0 bridgehead atoms. The summed E-state index contributed by atoms with van der Waals surface area (Å²) >= 11 is 0. The molecule has 0 spiro atoms. The number of nitrogens with one attached hydrogen (secondary N) is 2. The number of anilines is 2. The Labute approximate surface area is 108 Å². The molecule has 0 radical (unpaired) electrons. The standard InChI is InChI=1S/C15H20N2O/c1-2-16-13-7-9-14(10-8-13)17-11-3-5-15-6-4-12-18-15/h4,6-10,12,16-17H,2-3,5,11H2,1H3. The Bertz CT molecular complexity index is 434. The van der Waals surface area contributed by atoms with Crippen LogP contribution in [0, 0.1) is 0 Å². The molecule has 18 heavy (non-hydrogen) atoms. The number of hydrogen-bond acceptors (Lipinski definition) is 3. The van der Waals surface area contributed by atoms with Crippen LogP contribution < -0.4 is 10.6 Å². The van der Waals surface area contributed by atoms with Crippen molar-refractivity contribution >= 4 is 11.4 Å². The molecule has 0 saturated heterocycles. The van der Waals surface area contributed by atoms with Crippen LogP contribution in [-0.4, -0.2) is 13.1 Å². The highest BCUT2D eigenvalue weighted by atomic mass is 16.3. The molecule has 0 amide bonds. The van der Waals surface area contributed by atoms with Gasteiger partial charge in [0.05, 0.1) is 6.26 Å². The van der Waals surface area contributed by atoms with E-state index in [0.717, 1.165) is 37.4 Å². The largest absolute Gasteiger partial charge is 0.469 e. The van der Waals surface area contributed by atoms with Crippen molar-refractivity contribution in [3.8, 4) is 0 Å². The molecule has 3 nitrogen and oxygen atoms in total. The first kappa shape index (κ1) is 12.6. The van der Waals surface area contributed by atoms with E-state index in [1.807, 2.05) is 12.1 Å². The second-order valence-electron chi connectivity index (χ2n) is 4.22. The highest BCUT2D eigenvalue weighted by Crippen LogP contribution is 2.13. The molecule has 0 aliphatic rings. The lowest BCUT2D eigenvalue weighted by Crippen LogP contribution is -2.03. The number of hydrogen-bond donors (Lipinski definition) is 2. The van der Waals surface area contributed by atoms with Crippen LogP contribution in [-0.2, 0) is 6.42 Å². The van der Waals surface area contributed by atoms with Crippen molar-refractivity contribution in [1.29, 1.82) is 0 Å². The van der Waals surface area contributed by atoms with Gasteiger partial charge in [-0.1, -0.05) is 0 Å². The monoisotopic (exact) mass is 244 g/mol. The summed E-state index contributed by atoms with van der Waals surface area (Å²) in [6, 6.07) is 12.3. The lowest BCUT2D eigenvalue weighted by Gasteiger charge is -2.07. The highest BCUT2D eigenvalue weighted by Gasteiger charge is 1.96. The zero-order valence-electron chi connectivity index (χ0n) is 10.8. The van der Waals surface area contributed by atoms with E-state index in [1.165, 1.54) is 5.69 Å². The van der Waals surface area contributed by atoms with E-state index in [2.05, 4.69) is 41.8 Å². The Morgan fingerprint density at radius 3 is 2.33 bits per heavy atom. The van der Waals surface area contributed by atoms with Crippen LogP contribution in [0.2, 0.25) is 0 Å². The fourth-order valence-corrected chi connectivity index (χ4v) is 1.86. The summed E-state index contributed by atoms with van der Waals surface area (Å²) in [5.41, 5.74) is 2.33. The molecular weight excluding hydrogens is 224 g/mol. The maximum atomic E-state index is 5.29. The van der Waals surface area contributed by atoms with Crippen molar-refractivity contribution in [2.75, 3.05) is 23.7 Å². The van der Waals surface area contributed by atoms with Crippen molar-refractivity contribution in [2.45, 2.75) is 19.8 Å². The van der Waals surface area contributed by atoms with Crippen molar-refractivity contribution in [3.05, 3.63) is 48.4 Å². The van der Waals surface area contributed by atoms with Gasteiger partial charge in [-0.3, -0.25) is 0 Å². The highest BCUT2D eigenvalue weighted by molar-refractivity contribution is 5.53. The molecule has 0 aliphatic heterocycles. The Morgan fingerprint density at radius 1 is 1.00 bits per heavy atom. The van der Waals surface area contributed by atoms with Crippen molar-refractivity contribution in [2.24, 2.45) is 0 Å². The first-order valence-corrected chi connectivity index (χ1v) is 6.48. The Balaban J connectivity index is 1.69. The average Bonchev–Trinajstić information content (AvgIpc) is 2.90. The van der Waals surface area contributed by atoms with Gasteiger partial charge in [0.25, 0.3) is 0 Å². The Kier molecular flexibility index (Phi) is 4.70. The topological polar surface area (TPSA) is 37.2 Å². The van der Waals surface area contributed by atoms with Gasteiger partial charge in [-0.25, -0.2) is 0 Å². The minimum absolute atomic E-state index is 0.954. The van der Waals surface area contributed by atoms with Gasteiger partial charge in [0.1, 0.15) is 5.76 Å². The predicted octanol–water partition coefficient (Wildman–Crippen LogP) is 3.76. The molecule has 2 rings (SSSR count). The summed E-state index contributed by atoms with van der Waals surface area (Å²) in [6.45, 7) is 4.01. The summed E-state index contributed by atoms with van der Waals surface area (Å²) < 4.78 is 5.29. The summed E-state index contributed by atoms with van der Waals surface area (Å²) in [7, 11) is 0. The Hall–Kier alpha value is -1.90. The van der Waals surface area contributed by atoms with Gasteiger partial charge < -0.3 is 15.1 Å². The third-order valence-corrected chi connectivity index (χ3v) is 2.77. The lowest BCUT2D eigenvalue weighted by molar-refractivity contribution is 0.504. The summed E-state index contributed by atoms with van der Waals surface area (Å²) in [4.78, 5) is 0. The second kappa shape index (κ2) is 6.74. The molecule has 3 heteroatoms. The normalized spacial score (nSPS) is 10.3. The van der Waals surface area contributed by atoms with E-state index in [1.54, 1.807) is 6.26 Å². The van der Waals surface area contributed by atoms with Gasteiger partial charge in [-0.15, -0.1) is 0 Å². The number of benzene rings is 1. The molecule has 2 aromatic rings. The fraction of sp³-hybridized carbons (Fsp3) is 0.333. The smallest absolute Gasteiger partial charge is 0.103 e. The van der Waals surface area contributed by atoms with Crippen LogP contribution in [0.3, 0.4) is 0 Å². The maximum absolute atomic E-state index is 5.29. The second-order valence-corrected chi connectivity index (χ2v) is 4.22. The van der Waals surface area contributed by atoms with Crippen molar-refractivity contribution < 1.29 is 4.42 Å². The quantitative estimate of drug-likeness (QED) is 0.728. The molecule has 0 aliphatic carbocycles. The van der Waals surface area contributed by atoms with Crippen LogP contribution in [0.1, 0.15) is 19.1 Å².